The second-order valence-electron chi connectivity index (χ2n) is 6.19. The van der Waals surface area contributed by atoms with Crippen molar-refractivity contribution in [1.29, 1.82) is 0 Å². The molecule has 0 bridgehead atoms. The summed E-state index contributed by atoms with van der Waals surface area (Å²) in [6, 6.07) is 0. The Bertz CT molecular complexity index is 573. The Morgan fingerprint density at radius 3 is 2.70 bits per heavy atom. The molecule has 3 rings (SSSR count). The fourth-order valence-electron chi connectivity index (χ4n) is 2.67. The van der Waals surface area contributed by atoms with Gasteiger partial charge in [0.15, 0.2) is 0 Å². The van der Waals surface area contributed by atoms with E-state index in [9.17, 15) is 4.79 Å². The first-order valence-corrected chi connectivity index (χ1v) is 7.37. The van der Waals surface area contributed by atoms with Gasteiger partial charge in [-0.2, -0.15) is 0 Å². The minimum atomic E-state index is -0.483. The van der Waals surface area contributed by atoms with Crippen molar-refractivity contribution in [2.24, 2.45) is 11.1 Å². The summed E-state index contributed by atoms with van der Waals surface area (Å²) >= 11 is 6.23. The first-order chi connectivity index (χ1) is 9.40. The Morgan fingerprint density at radius 1 is 1.45 bits per heavy atom. The Morgan fingerprint density at radius 2 is 2.15 bits per heavy atom. The highest BCUT2D eigenvalue weighted by atomic mass is 35.5. The molecule has 1 saturated heterocycles. The average Bonchev–Trinajstić information content (AvgIpc) is 3.16. The summed E-state index contributed by atoms with van der Waals surface area (Å²) in [4.78, 5) is 22.7. The Hall–Kier alpha value is -1.36. The minimum absolute atomic E-state index is 0.250. The van der Waals surface area contributed by atoms with Crippen molar-refractivity contribution in [3.8, 4) is 0 Å². The molecule has 6 heteroatoms. The van der Waals surface area contributed by atoms with E-state index in [0.717, 1.165) is 43.0 Å². The third kappa shape index (κ3) is 2.24. The van der Waals surface area contributed by atoms with E-state index in [1.165, 1.54) is 0 Å². The molecular weight excluding hydrogens is 276 g/mol. The molecule has 1 saturated carbocycles. The summed E-state index contributed by atoms with van der Waals surface area (Å²) in [5, 5.41) is 0.518. The summed E-state index contributed by atoms with van der Waals surface area (Å²) in [7, 11) is 0. The zero-order valence-corrected chi connectivity index (χ0v) is 12.6. The molecule has 2 fully saturated rings. The van der Waals surface area contributed by atoms with Crippen LogP contribution >= 0.6 is 11.6 Å². The zero-order valence-electron chi connectivity index (χ0n) is 11.8. The molecule has 0 aromatic carbocycles. The summed E-state index contributed by atoms with van der Waals surface area (Å²) < 4.78 is 0. The lowest BCUT2D eigenvalue weighted by molar-refractivity contribution is -0.125. The van der Waals surface area contributed by atoms with Crippen LogP contribution in [0.4, 0.5) is 5.82 Å². The van der Waals surface area contributed by atoms with Gasteiger partial charge >= 0.3 is 0 Å². The van der Waals surface area contributed by atoms with Crippen LogP contribution in [0.15, 0.2) is 0 Å². The lowest BCUT2D eigenvalue weighted by Crippen LogP contribution is -2.37. The number of nitrogens with zero attached hydrogens (tertiary/aromatic N) is 3. The normalized spacial score (nSPS) is 26.1. The molecule has 5 nitrogen and oxygen atoms in total. The van der Waals surface area contributed by atoms with Crippen molar-refractivity contribution in [1.82, 2.24) is 9.97 Å². The van der Waals surface area contributed by atoms with Crippen LogP contribution in [0, 0.1) is 12.3 Å². The molecular formula is C14H19ClN4O. The number of carbonyl (C=O) groups excluding carboxylic acids is 1. The van der Waals surface area contributed by atoms with Crippen LogP contribution in [-0.2, 0) is 4.79 Å². The SMILES string of the molecule is Cc1c(Cl)nc(C2CC2)nc1N1CCC(C)(C(N)=O)C1. The Labute approximate surface area is 123 Å². The number of hydrogen-bond donors (Lipinski definition) is 1. The predicted molar refractivity (Wildman–Crippen MR) is 77.9 cm³/mol. The maximum Gasteiger partial charge on any atom is 0.225 e. The average molecular weight is 295 g/mol. The molecule has 2 aliphatic rings. The molecule has 1 aliphatic carbocycles. The van der Waals surface area contributed by atoms with Crippen molar-refractivity contribution >= 4 is 23.3 Å². The van der Waals surface area contributed by atoms with Crippen LogP contribution < -0.4 is 10.6 Å². The van der Waals surface area contributed by atoms with E-state index in [1.807, 2.05) is 13.8 Å². The van der Waals surface area contributed by atoms with E-state index in [4.69, 9.17) is 17.3 Å². The number of anilines is 1. The highest BCUT2D eigenvalue weighted by Gasteiger charge is 2.40. The van der Waals surface area contributed by atoms with Crippen LogP contribution in [0.25, 0.3) is 0 Å². The number of nitrogens with two attached hydrogens (primary N) is 1. The lowest BCUT2D eigenvalue weighted by Gasteiger charge is -2.23. The van der Waals surface area contributed by atoms with E-state index in [1.54, 1.807) is 0 Å². The van der Waals surface area contributed by atoms with Gasteiger partial charge in [-0.1, -0.05) is 11.6 Å². The predicted octanol–water partition coefficient (Wildman–Crippen LogP) is 2.02. The molecule has 20 heavy (non-hydrogen) atoms. The van der Waals surface area contributed by atoms with Crippen LogP contribution in [-0.4, -0.2) is 29.0 Å². The molecule has 1 aromatic rings. The smallest absolute Gasteiger partial charge is 0.225 e. The molecule has 1 amide bonds. The number of amides is 1. The first-order valence-electron chi connectivity index (χ1n) is 6.99. The van der Waals surface area contributed by atoms with Gasteiger partial charge in [0.1, 0.15) is 16.8 Å². The molecule has 1 unspecified atom stereocenters. The van der Waals surface area contributed by atoms with Gasteiger partial charge in [-0.3, -0.25) is 4.79 Å². The molecule has 0 spiro atoms. The quantitative estimate of drug-likeness (QED) is 0.866. The van der Waals surface area contributed by atoms with Gasteiger partial charge in [-0.25, -0.2) is 9.97 Å². The van der Waals surface area contributed by atoms with Crippen molar-refractivity contribution in [3.63, 3.8) is 0 Å². The number of primary amides is 1. The summed E-state index contributed by atoms with van der Waals surface area (Å²) in [6.07, 6.45) is 3.03. The lowest BCUT2D eigenvalue weighted by atomic mass is 9.89. The number of carbonyl (C=O) groups is 1. The minimum Gasteiger partial charge on any atom is -0.369 e. The third-order valence-corrected chi connectivity index (χ3v) is 4.76. The monoisotopic (exact) mass is 294 g/mol. The van der Waals surface area contributed by atoms with Gasteiger partial charge in [0.05, 0.1) is 5.41 Å². The van der Waals surface area contributed by atoms with E-state index in [2.05, 4.69) is 14.9 Å². The maximum atomic E-state index is 11.6. The number of hydrogen-bond acceptors (Lipinski definition) is 4. The standard InChI is InChI=1S/C14H19ClN4O/c1-8-10(15)17-11(9-3-4-9)18-12(8)19-6-5-14(2,7-19)13(16)20/h9H,3-7H2,1-2H3,(H2,16,20). The highest BCUT2D eigenvalue weighted by Crippen LogP contribution is 2.41. The molecule has 1 atom stereocenters. The fraction of sp³-hybridized carbons (Fsp3) is 0.643. The van der Waals surface area contributed by atoms with Gasteiger partial charge < -0.3 is 10.6 Å². The van der Waals surface area contributed by atoms with Gasteiger partial charge in [-0.15, -0.1) is 0 Å². The molecule has 2 N–H and O–H groups in total. The van der Waals surface area contributed by atoms with Gasteiger partial charge in [0, 0.05) is 24.6 Å². The number of rotatable bonds is 3. The third-order valence-electron chi connectivity index (χ3n) is 4.39. The van der Waals surface area contributed by atoms with Gasteiger partial charge in [0.2, 0.25) is 5.91 Å². The fourth-order valence-corrected chi connectivity index (χ4v) is 2.84. The van der Waals surface area contributed by atoms with E-state index in [-0.39, 0.29) is 5.91 Å². The Balaban J connectivity index is 1.92. The highest BCUT2D eigenvalue weighted by molar-refractivity contribution is 6.30. The van der Waals surface area contributed by atoms with Gasteiger partial charge in [-0.05, 0) is 33.1 Å². The second kappa shape index (κ2) is 4.58. The molecule has 0 radical (unpaired) electrons. The Kier molecular flexibility index (Phi) is 3.12. The molecule has 1 aliphatic heterocycles. The van der Waals surface area contributed by atoms with E-state index < -0.39 is 5.41 Å². The van der Waals surface area contributed by atoms with Crippen molar-refractivity contribution in [3.05, 3.63) is 16.5 Å². The largest absolute Gasteiger partial charge is 0.369 e. The number of aromatic nitrogens is 2. The zero-order chi connectivity index (χ0) is 14.5. The topological polar surface area (TPSA) is 72.1 Å². The summed E-state index contributed by atoms with van der Waals surface area (Å²) in [5.41, 5.74) is 5.90. The van der Waals surface area contributed by atoms with Crippen molar-refractivity contribution in [2.75, 3.05) is 18.0 Å². The van der Waals surface area contributed by atoms with Gasteiger partial charge in [0.25, 0.3) is 0 Å². The summed E-state index contributed by atoms with van der Waals surface area (Å²) in [5.74, 6) is 1.90. The van der Waals surface area contributed by atoms with E-state index in [0.29, 0.717) is 17.6 Å². The van der Waals surface area contributed by atoms with Crippen LogP contribution in [0.1, 0.15) is 43.5 Å². The van der Waals surface area contributed by atoms with E-state index >= 15 is 0 Å². The maximum absolute atomic E-state index is 11.6. The summed E-state index contributed by atoms with van der Waals surface area (Å²) in [6.45, 7) is 5.21. The van der Waals surface area contributed by atoms with Crippen LogP contribution in [0.2, 0.25) is 5.15 Å². The van der Waals surface area contributed by atoms with Crippen molar-refractivity contribution < 1.29 is 4.79 Å². The van der Waals surface area contributed by atoms with Crippen LogP contribution in [0.5, 0.6) is 0 Å². The molecule has 108 valence electrons. The second-order valence-corrected chi connectivity index (χ2v) is 6.55. The number of halogens is 1. The van der Waals surface area contributed by atoms with Crippen molar-refractivity contribution in [2.45, 2.75) is 39.0 Å². The molecule has 2 heterocycles. The first kappa shape index (κ1) is 13.6. The van der Waals surface area contributed by atoms with Crippen LogP contribution in [0.3, 0.4) is 0 Å². The molecule has 1 aromatic heterocycles.